The molecule has 5 unspecified atom stereocenters. The summed E-state index contributed by atoms with van der Waals surface area (Å²) in [4.78, 5) is 0. The summed E-state index contributed by atoms with van der Waals surface area (Å²) < 4.78 is 18.6. The predicted octanol–water partition coefficient (Wildman–Crippen LogP) is 2.92. The Bertz CT molecular complexity index is 376. The normalized spacial score (nSPS) is 34.9. The van der Waals surface area contributed by atoms with Crippen LogP contribution in [0.25, 0.3) is 0 Å². The van der Waals surface area contributed by atoms with Crippen molar-refractivity contribution in [2.45, 2.75) is 39.1 Å². The highest BCUT2D eigenvalue weighted by molar-refractivity contribution is 5.20. The summed E-state index contributed by atoms with van der Waals surface area (Å²) in [6, 6.07) is 6.05. The molecular weight excluding hydrogens is 219 g/mol. The molecule has 0 aliphatic carbocycles. The average Bonchev–Trinajstić information content (AvgIpc) is 2.53. The second-order valence-corrected chi connectivity index (χ2v) is 4.98. The Kier molecular flexibility index (Phi) is 3.50. The summed E-state index contributed by atoms with van der Waals surface area (Å²) in [6.45, 7) is 6.10. The van der Waals surface area contributed by atoms with Gasteiger partial charge in [-0.25, -0.2) is 4.39 Å². The van der Waals surface area contributed by atoms with Crippen LogP contribution in [0, 0.1) is 17.7 Å². The van der Waals surface area contributed by atoms with E-state index in [1.165, 1.54) is 12.1 Å². The number of ether oxygens (including phenoxy) is 1. The molecule has 1 aliphatic heterocycles. The number of benzene rings is 1. The topological polar surface area (TPSA) is 29.5 Å². The third-order valence-corrected chi connectivity index (χ3v) is 3.90. The van der Waals surface area contributed by atoms with E-state index >= 15 is 0 Å². The standard InChI is InChI=1S/C14H19FO2/c1-8-9(2)17-10(3)13(8)14(16)11-4-6-12(15)7-5-11/h4-10,13-14,16H,1-3H3. The van der Waals surface area contributed by atoms with Gasteiger partial charge in [-0.2, -0.15) is 0 Å². The minimum atomic E-state index is -0.592. The monoisotopic (exact) mass is 238 g/mol. The summed E-state index contributed by atoms with van der Waals surface area (Å²) in [5.41, 5.74) is 0.757. The Morgan fingerprint density at radius 1 is 1.12 bits per heavy atom. The fourth-order valence-electron chi connectivity index (χ4n) is 2.72. The van der Waals surface area contributed by atoms with E-state index in [9.17, 15) is 9.50 Å². The van der Waals surface area contributed by atoms with Crippen molar-refractivity contribution in [3.8, 4) is 0 Å². The van der Waals surface area contributed by atoms with Gasteiger partial charge in [0.25, 0.3) is 0 Å². The van der Waals surface area contributed by atoms with E-state index in [1.54, 1.807) is 12.1 Å². The first-order chi connectivity index (χ1) is 8.00. The zero-order valence-electron chi connectivity index (χ0n) is 10.4. The predicted molar refractivity (Wildman–Crippen MR) is 64.0 cm³/mol. The van der Waals surface area contributed by atoms with E-state index in [0.717, 1.165) is 5.56 Å². The Balaban J connectivity index is 2.19. The van der Waals surface area contributed by atoms with Crippen molar-refractivity contribution in [2.75, 3.05) is 0 Å². The molecule has 0 saturated carbocycles. The summed E-state index contributed by atoms with van der Waals surface area (Å²) in [5, 5.41) is 10.4. The van der Waals surface area contributed by atoms with Crippen LogP contribution in [0.4, 0.5) is 4.39 Å². The van der Waals surface area contributed by atoms with Crippen molar-refractivity contribution in [3.05, 3.63) is 35.6 Å². The smallest absolute Gasteiger partial charge is 0.123 e. The molecule has 1 fully saturated rings. The molecule has 1 saturated heterocycles. The van der Waals surface area contributed by atoms with E-state index in [-0.39, 0.29) is 23.9 Å². The number of hydrogen-bond acceptors (Lipinski definition) is 2. The highest BCUT2D eigenvalue weighted by atomic mass is 19.1. The summed E-state index contributed by atoms with van der Waals surface area (Å²) in [7, 11) is 0. The lowest BCUT2D eigenvalue weighted by Crippen LogP contribution is -2.24. The van der Waals surface area contributed by atoms with E-state index in [4.69, 9.17) is 4.74 Å². The number of hydrogen-bond donors (Lipinski definition) is 1. The molecule has 3 heteroatoms. The van der Waals surface area contributed by atoms with Crippen molar-refractivity contribution in [2.24, 2.45) is 11.8 Å². The van der Waals surface area contributed by atoms with Crippen LogP contribution in [0.15, 0.2) is 24.3 Å². The maximum absolute atomic E-state index is 12.8. The SMILES string of the molecule is CC1OC(C)C(C(O)c2ccc(F)cc2)C1C. The third kappa shape index (κ3) is 2.35. The van der Waals surface area contributed by atoms with Gasteiger partial charge in [-0.3, -0.25) is 0 Å². The fourth-order valence-corrected chi connectivity index (χ4v) is 2.72. The highest BCUT2D eigenvalue weighted by Gasteiger charge is 2.41. The largest absolute Gasteiger partial charge is 0.388 e. The van der Waals surface area contributed by atoms with Crippen molar-refractivity contribution < 1.29 is 14.2 Å². The number of aliphatic hydroxyl groups is 1. The average molecular weight is 238 g/mol. The van der Waals surface area contributed by atoms with Crippen LogP contribution in [0.2, 0.25) is 0 Å². The molecular formula is C14H19FO2. The Morgan fingerprint density at radius 3 is 2.18 bits per heavy atom. The molecule has 0 bridgehead atoms. The van der Waals surface area contributed by atoms with Gasteiger partial charge in [0.2, 0.25) is 0 Å². The molecule has 5 atom stereocenters. The lowest BCUT2D eigenvalue weighted by molar-refractivity contribution is 0.0231. The van der Waals surface area contributed by atoms with E-state index in [0.29, 0.717) is 5.92 Å². The van der Waals surface area contributed by atoms with Crippen LogP contribution in [0.3, 0.4) is 0 Å². The molecule has 2 rings (SSSR count). The minimum absolute atomic E-state index is 0.0278. The molecule has 0 spiro atoms. The fraction of sp³-hybridized carbons (Fsp3) is 0.571. The van der Waals surface area contributed by atoms with Gasteiger partial charge in [0.15, 0.2) is 0 Å². The van der Waals surface area contributed by atoms with Crippen LogP contribution in [0.1, 0.15) is 32.4 Å². The van der Waals surface area contributed by atoms with Crippen molar-refractivity contribution in [3.63, 3.8) is 0 Å². The van der Waals surface area contributed by atoms with Gasteiger partial charge in [0.1, 0.15) is 5.82 Å². The van der Waals surface area contributed by atoms with Crippen LogP contribution in [-0.4, -0.2) is 17.3 Å². The number of aliphatic hydroxyl groups excluding tert-OH is 1. The minimum Gasteiger partial charge on any atom is -0.388 e. The second-order valence-electron chi connectivity index (χ2n) is 4.98. The molecule has 1 aliphatic rings. The molecule has 94 valence electrons. The maximum Gasteiger partial charge on any atom is 0.123 e. The maximum atomic E-state index is 12.8. The molecule has 17 heavy (non-hydrogen) atoms. The first-order valence-electron chi connectivity index (χ1n) is 6.09. The summed E-state index contributed by atoms with van der Waals surface area (Å²) in [6.07, 6.45) is -0.407. The zero-order chi connectivity index (χ0) is 12.6. The third-order valence-electron chi connectivity index (χ3n) is 3.90. The first kappa shape index (κ1) is 12.5. The first-order valence-corrected chi connectivity index (χ1v) is 6.09. The van der Waals surface area contributed by atoms with Crippen molar-refractivity contribution in [1.82, 2.24) is 0 Å². The van der Waals surface area contributed by atoms with E-state index in [1.807, 2.05) is 13.8 Å². The summed E-state index contributed by atoms with van der Waals surface area (Å²) in [5.74, 6) is 0.0820. The lowest BCUT2D eigenvalue weighted by Gasteiger charge is -2.24. The zero-order valence-corrected chi connectivity index (χ0v) is 10.4. The van der Waals surface area contributed by atoms with Gasteiger partial charge in [0, 0.05) is 5.92 Å². The Labute approximate surface area is 101 Å². The van der Waals surface area contributed by atoms with Gasteiger partial charge in [-0.15, -0.1) is 0 Å². The van der Waals surface area contributed by atoms with Gasteiger partial charge in [0.05, 0.1) is 18.3 Å². The molecule has 2 nitrogen and oxygen atoms in total. The van der Waals surface area contributed by atoms with Crippen molar-refractivity contribution in [1.29, 1.82) is 0 Å². The van der Waals surface area contributed by atoms with E-state index in [2.05, 4.69) is 6.92 Å². The van der Waals surface area contributed by atoms with Crippen LogP contribution < -0.4 is 0 Å². The molecule has 1 heterocycles. The molecule has 0 aromatic heterocycles. The quantitative estimate of drug-likeness (QED) is 0.858. The highest BCUT2D eigenvalue weighted by Crippen LogP contribution is 2.40. The Hall–Kier alpha value is -0.930. The van der Waals surface area contributed by atoms with E-state index < -0.39 is 6.10 Å². The number of halogens is 1. The molecule has 0 amide bonds. The van der Waals surface area contributed by atoms with Gasteiger partial charge < -0.3 is 9.84 Å². The van der Waals surface area contributed by atoms with Crippen molar-refractivity contribution >= 4 is 0 Å². The second kappa shape index (κ2) is 4.75. The Morgan fingerprint density at radius 2 is 1.71 bits per heavy atom. The van der Waals surface area contributed by atoms with Gasteiger partial charge in [-0.1, -0.05) is 19.1 Å². The van der Waals surface area contributed by atoms with Crippen LogP contribution in [-0.2, 0) is 4.74 Å². The summed E-state index contributed by atoms with van der Waals surface area (Å²) >= 11 is 0. The molecule has 1 N–H and O–H groups in total. The van der Waals surface area contributed by atoms with Gasteiger partial charge in [-0.05, 0) is 37.5 Å². The molecule has 1 aromatic carbocycles. The van der Waals surface area contributed by atoms with Crippen LogP contribution >= 0.6 is 0 Å². The molecule has 0 radical (unpaired) electrons. The number of rotatable bonds is 2. The van der Waals surface area contributed by atoms with Crippen LogP contribution in [0.5, 0.6) is 0 Å². The lowest BCUT2D eigenvalue weighted by atomic mass is 9.82. The molecule has 1 aromatic rings. The van der Waals surface area contributed by atoms with Gasteiger partial charge >= 0.3 is 0 Å².